The van der Waals surface area contributed by atoms with Crippen LogP contribution in [0.5, 0.6) is 0 Å². The second kappa shape index (κ2) is 7.56. The summed E-state index contributed by atoms with van der Waals surface area (Å²) in [6.45, 7) is 14.8. The zero-order valence-corrected chi connectivity index (χ0v) is 15.6. The molecule has 0 spiro atoms. The Hall–Kier alpha value is -0.650. The van der Waals surface area contributed by atoms with Crippen LogP contribution in [0.1, 0.15) is 52.1 Å². The van der Waals surface area contributed by atoms with Crippen LogP contribution in [0.2, 0.25) is 0 Å². The number of rotatable bonds is 7. The van der Waals surface area contributed by atoms with Crippen LogP contribution < -0.4 is 10.2 Å². The number of thiazole rings is 1. The molecule has 0 bridgehead atoms. The van der Waals surface area contributed by atoms with Crippen LogP contribution in [0.3, 0.4) is 0 Å². The fourth-order valence-corrected chi connectivity index (χ4v) is 3.01. The van der Waals surface area contributed by atoms with Crippen LogP contribution in [0.15, 0.2) is 0 Å². The lowest BCUT2D eigenvalue weighted by atomic mass is 9.87. The molecule has 0 radical (unpaired) electrons. The average Bonchev–Trinajstić information content (AvgIpc) is 2.77. The van der Waals surface area contributed by atoms with Gasteiger partial charge in [0.05, 0.1) is 12.3 Å². The largest absolute Gasteiger partial charge is 0.378 e. The van der Waals surface area contributed by atoms with Crippen molar-refractivity contribution in [3.8, 4) is 0 Å². The molecule has 0 fully saturated rings. The summed E-state index contributed by atoms with van der Waals surface area (Å²) < 4.78 is 5.29. The van der Waals surface area contributed by atoms with Crippen LogP contribution in [0.4, 0.5) is 5.13 Å². The molecule has 1 atom stereocenters. The summed E-state index contributed by atoms with van der Waals surface area (Å²) in [4.78, 5) is 8.34. The van der Waals surface area contributed by atoms with Crippen LogP contribution in [-0.2, 0) is 17.9 Å². The number of anilines is 1. The number of hydrogen-bond donors (Lipinski definition) is 1. The van der Waals surface area contributed by atoms with Gasteiger partial charge in [-0.25, -0.2) is 4.98 Å². The first-order valence-electron chi connectivity index (χ1n) is 7.60. The van der Waals surface area contributed by atoms with E-state index in [2.05, 4.69) is 58.8 Å². The Morgan fingerprint density at radius 1 is 1.29 bits per heavy atom. The van der Waals surface area contributed by atoms with E-state index in [1.165, 1.54) is 4.88 Å². The highest BCUT2D eigenvalue weighted by Crippen LogP contribution is 2.32. The molecule has 0 amide bonds. The van der Waals surface area contributed by atoms with Gasteiger partial charge in [0.25, 0.3) is 0 Å². The third kappa shape index (κ3) is 5.24. The highest BCUT2D eigenvalue weighted by molar-refractivity contribution is 7.15. The number of ether oxygens (including phenoxy) is 1. The number of methoxy groups -OCH3 is 1. The predicted molar refractivity (Wildman–Crippen MR) is 92.1 cm³/mol. The van der Waals surface area contributed by atoms with Gasteiger partial charge in [-0.3, -0.25) is 0 Å². The van der Waals surface area contributed by atoms with E-state index < -0.39 is 0 Å². The molecule has 1 heterocycles. The van der Waals surface area contributed by atoms with Crippen molar-refractivity contribution in [3.63, 3.8) is 0 Å². The van der Waals surface area contributed by atoms with Crippen molar-refractivity contribution >= 4 is 16.5 Å². The molecule has 1 aromatic heterocycles. The molecule has 1 unspecified atom stereocenters. The highest BCUT2D eigenvalue weighted by atomic mass is 32.1. The van der Waals surface area contributed by atoms with E-state index in [-0.39, 0.29) is 5.41 Å². The van der Waals surface area contributed by atoms with Gasteiger partial charge in [-0.2, -0.15) is 0 Å². The number of nitrogens with zero attached hydrogens (tertiary/aromatic N) is 2. The Kier molecular flexibility index (Phi) is 6.63. The molecule has 1 rings (SSSR count). The van der Waals surface area contributed by atoms with E-state index >= 15 is 0 Å². The van der Waals surface area contributed by atoms with Crippen molar-refractivity contribution in [2.75, 3.05) is 19.1 Å². The lowest BCUT2D eigenvalue weighted by Gasteiger charge is -2.35. The van der Waals surface area contributed by atoms with Gasteiger partial charge in [0.1, 0.15) is 0 Å². The predicted octanol–water partition coefficient (Wildman–Crippen LogP) is 3.66. The molecule has 0 saturated carbocycles. The fraction of sp³-hybridized carbons (Fsp3) is 0.812. The minimum Gasteiger partial charge on any atom is -0.378 e. The third-order valence-corrected chi connectivity index (χ3v) is 5.04. The van der Waals surface area contributed by atoms with E-state index in [4.69, 9.17) is 9.72 Å². The van der Waals surface area contributed by atoms with Gasteiger partial charge in [0.15, 0.2) is 5.13 Å². The van der Waals surface area contributed by atoms with Gasteiger partial charge in [-0.15, -0.1) is 11.3 Å². The Labute approximate surface area is 133 Å². The van der Waals surface area contributed by atoms with Crippen LogP contribution >= 0.6 is 11.3 Å². The zero-order valence-electron chi connectivity index (χ0n) is 14.8. The Bertz CT molecular complexity index is 437. The maximum atomic E-state index is 5.29. The van der Waals surface area contributed by atoms with Crippen molar-refractivity contribution in [1.29, 1.82) is 0 Å². The Balaban J connectivity index is 2.95. The van der Waals surface area contributed by atoms with Crippen molar-refractivity contribution < 1.29 is 4.74 Å². The van der Waals surface area contributed by atoms with Gasteiger partial charge in [-0.1, -0.05) is 34.6 Å². The first-order chi connectivity index (χ1) is 9.66. The van der Waals surface area contributed by atoms with Crippen LogP contribution in [0, 0.1) is 5.41 Å². The van der Waals surface area contributed by atoms with Gasteiger partial charge in [0.2, 0.25) is 0 Å². The van der Waals surface area contributed by atoms with Gasteiger partial charge in [-0.05, 0) is 12.3 Å². The third-order valence-electron chi connectivity index (χ3n) is 3.85. The maximum Gasteiger partial charge on any atom is 0.185 e. The molecule has 1 N–H and O–H groups in total. The second-order valence-electron chi connectivity index (χ2n) is 6.99. The highest BCUT2D eigenvalue weighted by Gasteiger charge is 2.26. The quantitative estimate of drug-likeness (QED) is 0.833. The molecular weight excluding hydrogens is 282 g/mol. The summed E-state index contributed by atoms with van der Waals surface area (Å²) in [5.74, 6) is 0. The molecule has 21 heavy (non-hydrogen) atoms. The minimum atomic E-state index is 0.220. The molecule has 122 valence electrons. The summed E-state index contributed by atoms with van der Waals surface area (Å²) in [6, 6.07) is 0.891. The molecule has 0 aliphatic carbocycles. The van der Waals surface area contributed by atoms with Crippen LogP contribution in [-0.4, -0.2) is 31.2 Å². The van der Waals surface area contributed by atoms with Gasteiger partial charge >= 0.3 is 0 Å². The smallest absolute Gasteiger partial charge is 0.185 e. The summed E-state index contributed by atoms with van der Waals surface area (Å²) in [7, 11) is 3.85. The molecule has 4 nitrogen and oxygen atoms in total. The normalized spacial score (nSPS) is 13.8. The molecule has 5 heteroatoms. The number of hydrogen-bond acceptors (Lipinski definition) is 5. The topological polar surface area (TPSA) is 37.4 Å². The van der Waals surface area contributed by atoms with E-state index in [0.717, 1.165) is 17.4 Å². The van der Waals surface area contributed by atoms with E-state index in [9.17, 15) is 0 Å². The summed E-state index contributed by atoms with van der Waals surface area (Å²) in [6.07, 6.45) is 0. The SMILES string of the molecule is COCc1nc(N(C)C(C)C(C)(C)C)sc1CNC(C)C. The molecule has 0 saturated heterocycles. The van der Waals surface area contributed by atoms with Crippen molar-refractivity contribution in [1.82, 2.24) is 10.3 Å². The average molecular weight is 314 g/mol. The molecule has 0 aliphatic rings. The monoisotopic (exact) mass is 313 g/mol. The summed E-state index contributed by atoms with van der Waals surface area (Å²) >= 11 is 1.77. The first kappa shape index (κ1) is 18.4. The van der Waals surface area contributed by atoms with Crippen molar-refractivity contribution in [2.24, 2.45) is 5.41 Å². The lowest BCUT2D eigenvalue weighted by Crippen LogP contribution is -2.39. The fourth-order valence-electron chi connectivity index (χ4n) is 1.95. The second-order valence-corrected chi connectivity index (χ2v) is 8.05. The zero-order chi connectivity index (χ0) is 16.2. The van der Waals surface area contributed by atoms with E-state index in [1.807, 2.05) is 0 Å². The molecular formula is C16H31N3OS. The Morgan fingerprint density at radius 3 is 2.38 bits per heavy atom. The first-order valence-corrected chi connectivity index (χ1v) is 8.42. The number of nitrogens with one attached hydrogen (secondary N) is 1. The Morgan fingerprint density at radius 2 is 1.90 bits per heavy atom. The summed E-state index contributed by atoms with van der Waals surface area (Å²) in [5.41, 5.74) is 1.27. The lowest BCUT2D eigenvalue weighted by molar-refractivity contribution is 0.181. The van der Waals surface area contributed by atoms with Gasteiger partial charge < -0.3 is 15.0 Å². The minimum absolute atomic E-state index is 0.220. The van der Waals surface area contributed by atoms with Crippen molar-refractivity contribution in [2.45, 2.75) is 66.8 Å². The van der Waals surface area contributed by atoms with Gasteiger partial charge in [0, 0.05) is 37.7 Å². The van der Waals surface area contributed by atoms with Crippen LogP contribution in [0.25, 0.3) is 0 Å². The molecule has 1 aromatic rings. The molecule has 0 aromatic carbocycles. The van der Waals surface area contributed by atoms with Crippen molar-refractivity contribution in [3.05, 3.63) is 10.6 Å². The maximum absolute atomic E-state index is 5.29. The number of aromatic nitrogens is 1. The molecule has 0 aliphatic heterocycles. The van der Waals surface area contributed by atoms with E-state index in [0.29, 0.717) is 18.7 Å². The van der Waals surface area contributed by atoms with E-state index in [1.54, 1.807) is 18.4 Å². The standard InChI is InChI=1S/C16H31N3OS/c1-11(2)17-9-14-13(10-20-8)18-15(21-14)19(7)12(3)16(4,5)6/h11-12,17H,9-10H2,1-8H3. The summed E-state index contributed by atoms with van der Waals surface area (Å²) in [5, 5.41) is 4.54.